The molecule has 5 atom stereocenters. The molecule has 2 bridgehead atoms. The van der Waals surface area contributed by atoms with Crippen LogP contribution in [-0.2, 0) is 9.53 Å². The van der Waals surface area contributed by atoms with Gasteiger partial charge in [-0.2, -0.15) is 52.7 Å². The minimum Gasteiger partial charge on any atom is -0.462 e. The Labute approximate surface area is 197 Å². The number of carbonyl (C=O) groups excluding carboxylic acids is 1. The number of rotatable bonds is 7. The van der Waals surface area contributed by atoms with E-state index < -0.39 is 90.4 Å². The second-order valence-electron chi connectivity index (χ2n) is 9.95. The second-order valence-corrected chi connectivity index (χ2v) is 9.95. The summed E-state index contributed by atoms with van der Waals surface area (Å²) in [5.41, 5.74) is -12.9. The Morgan fingerprint density at radius 1 is 0.778 bits per heavy atom. The van der Waals surface area contributed by atoms with Gasteiger partial charge in [-0.25, -0.2) is 0 Å². The predicted octanol–water partition coefficient (Wildman–Crippen LogP) is 5.85. The molecular formula is C20H24F12O4. The van der Waals surface area contributed by atoms with E-state index in [0.717, 1.165) is 6.92 Å². The van der Waals surface area contributed by atoms with Gasteiger partial charge in [0.1, 0.15) is 6.10 Å². The molecule has 2 aliphatic carbocycles. The SMILES string of the molecule is CCC(C)(CC(O)(C(F)(F)F)C(F)(F)F)C(=O)OC1CC2CC(CC(O)(C(F)(F)F)C(F)(F)F)C1C2. The number of ether oxygens (including phenoxy) is 1. The normalized spacial score (nSPS) is 27.8. The Hall–Kier alpha value is -1.45. The van der Waals surface area contributed by atoms with Crippen LogP contribution in [0.4, 0.5) is 52.7 Å². The number of hydrogen-bond acceptors (Lipinski definition) is 4. The minimum absolute atomic E-state index is 0.00765. The largest absolute Gasteiger partial charge is 0.462 e. The van der Waals surface area contributed by atoms with Crippen LogP contribution in [-0.4, -0.2) is 58.2 Å². The van der Waals surface area contributed by atoms with Gasteiger partial charge in [-0.1, -0.05) is 6.92 Å². The first kappa shape index (κ1) is 30.8. The average molecular weight is 556 g/mol. The van der Waals surface area contributed by atoms with E-state index in [2.05, 4.69) is 0 Å². The number of esters is 1. The molecule has 212 valence electrons. The summed E-state index contributed by atoms with van der Waals surface area (Å²) in [5, 5.41) is 19.0. The molecule has 0 aromatic heterocycles. The van der Waals surface area contributed by atoms with E-state index in [-0.39, 0.29) is 19.3 Å². The number of carbonyl (C=O) groups is 1. The summed E-state index contributed by atoms with van der Waals surface area (Å²) in [4.78, 5) is 12.7. The van der Waals surface area contributed by atoms with Gasteiger partial charge >= 0.3 is 30.7 Å². The maximum Gasteiger partial charge on any atom is 0.426 e. The number of aliphatic hydroxyl groups is 2. The monoisotopic (exact) mass is 556 g/mol. The predicted molar refractivity (Wildman–Crippen MR) is 96.0 cm³/mol. The lowest BCUT2D eigenvalue weighted by Crippen LogP contribution is -2.60. The molecule has 36 heavy (non-hydrogen) atoms. The van der Waals surface area contributed by atoms with Crippen molar-refractivity contribution in [2.24, 2.45) is 23.2 Å². The summed E-state index contributed by atoms with van der Waals surface area (Å²) in [6.07, 6.45) is -30.9. The van der Waals surface area contributed by atoms with Crippen molar-refractivity contribution in [3.8, 4) is 0 Å². The van der Waals surface area contributed by atoms with Gasteiger partial charge in [-0.05, 0) is 56.8 Å². The topological polar surface area (TPSA) is 66.8 Å². The highest BCUT2D eigenvalue weighted by atomic mass is 19.4. The Morgan fingerprint density at radius 3 is 1.58 bits per heavy atom. The van der Waals surface area contributed by atoms with Gasteiger partial charge in [0.05, 0.1) is 5.41 Å². The van der Waals surface area contributed by atoms with Crippen LogP contribution >= 0.6 is 0 Å². The van der Waals surface area contributed by atoms with Gasteiger partial charge in [0.2, 0.25) is 0 Å². The minimum atomic E-state index is -6.22. The van der Waals surface area contributed by atoms with Gasteiger partial charge in [-0.3, -0.25) is 4.79 Å². The Morgan fingerprint density at radius 2 is 1.22 bits per heavy atom. The molecule has 2 fully saturated rings. The van der Waals surface area contributed by atoms with Crippen molar-refractivity contribution in [1.29, 1.82) is 0 Å². The summed E-state index contributed by atoms with van der Waals surface area (Å²) in [5.74, 6) is -4.72. The molecule has 0 heterocycles. The molecule has 0 spiro atoms. The Balaban J connectivity index is 2.26. The van der Waals surface area contributed by atoms with Crippen LogP contribution in [0.2, 0.25) is 0 Å². The Kier molecular flexibility index (Phi) is 7.77. The molecule has 2 saturated carbocycles. The van der Waals surface area contributed by atoms with Gasteiger partial charge in [0, 0.05) is 6.42 Å². The molecule has 0 saturated heterocycles. The lowest BCUT2D eigenvalue weighted by atomic mass is 9.75. The number of alkyl halides is 12. The third kappa shape index (κ3) is 5.25. The summed E-state index contributed by atoms with van der Waals surface area (Å²) in [7, 11) is 0. The fourth-order valence-corrected chi connectivity index (χ4v) is 5.12. The summed E-state index contributed by atoms with van der Waals surface area (Å²) in [6, 6.07) is 0. The van der Waals surface area contributed by atoms with Crippen molar-refractivity contribution in [2.75, 3.05) is 0 Å². The molecule has 2 aliphatic rings. The maximum atomic E-state index is 13.1. The molecule has 0 aromatic rings. The van der Waals surface area contributed by atoms with Crippen molar-refractivity contribution < 1.29 is 72.4 Å². The molecule has 0 aliphatic heterocycles. The van der Waals surface area contributed by atoms with Crippen molar-refractivity contribution in [3.05, 3.63) is 0 Å². The van der Waals surface area contributed by atoms with Crippen LogP contribution in [0, 0.1) is 23.2 Å². The third-order valence-electron chi connectivity index (χ3n) is 7.50. The van der Waals surface area contributed by atoms with Gasteiger partial charge < -0.3 is 14.9 Å². The van der Waals surface area contributed by atoms with Crippen LogP contribution in [0.15, 0.2) is 0 Å². The van der Waals surface area contributed by atoms with Crippen LogP contribution in [0.3, 0.4) is 0 Å². The Bertz CT molecular complexity index is 787. The van der Waals surface area contributed by atoms with Crippen molar-refractivity contribution in [2.45, 2.75) is 94.4 Å². The number of fused-ring (bicyclic) bond motifs is 2. The lowest BCUT2D eigenvalue weighted by molar-refractivity contribution is -0.375. The van der Waals surface area contributed by atoms with E-state index >= 15 is 0 Å². The van der Waals surface area contributed by atoms with E-state index in [1.807, 2.05) is 0 Å². The van der Waals surface area contributed by atoms with Crippen LogP contribution in [0.25, 0.3) is 0 Å². The van der Waals surface area contributed by atoms with Gasteiger partial charge in [-0.15, -0.1) is 0 Å². The van der Waals surface area contributed by atoms with Crippen LogP contribution < -0.4 is 0 Å². The zero-order chi connectivity index (χ0) is 28.3. The smallest absolute Gasteiger partial charge is 0.426 e. The van der Waals surface area contributed by atoms with Crippen molar-refractivity contribution in [3.63, 3.8) is 0 Å². The highest BCUT2D eigenvalue weighted by molar-refractivity contribution is 5.76. The van der Waals surface area contributed by atoms with Gasteiger partial charge in [0.15, 0.2) is 0 Å². The van der Waals surface area contributed by atoms with Gasteiger partial charge in [0.25, 0.3) is 11.2 Å². The summed E-state index contributed by atoms with van der Waals surface area (Å²) < 4.78 is 162. The van der Waals surface area contributed by atoms with E-state index in [1.165, 1.54) is 0 Å². The second kappa shape index (κ2) is 9.09. The maximum absolute atomic E-state index is 13.1. The molecule has 4 nitrogen and oxygen atoms in total. The number of hydrogen-bond donors (Lipinski definition) is 2. The first-order valence-corrected chi connectivity index (χ1v) is 10.8. The van der Waals surface area contributed by atoms with E-state index in [0.29, 0.717) is 6.92 Å². The zero-order valence-corrected chi connectivity index (χ0v) is 18.8. The summed E-state index contributed by atoms with van der Waals surface area (Å²) >= 11 is 0. The van der Waals surface area contributed by atoms with Crippen LogP contribution in [0.5, 0.6) is 0 Å². The van der Waals surface area contributed by atoms with Crippen LogP contribution in [0.1, 0.15) is 52.4 Å². The summed E-state index contributed by atoms with van der Waals surface area (Å²) in [6.45, 7) is 1.72. The average Bonchev–Trinajstić information content (AvgIpc) is 3.23. The molecule has 5 unspecified atom stereocenters. The van der Waals surface area contributed by atoms with E-state index in [9.17, 15) is 67.7 Å². The molecule has 0 aromatic carbocycles. The lowest BCUT2D eigenvalue weighted by Gasteiger charge is -2.40. The zero-order valence-electron chi connectivity index (χ0n) is 18.8. The first-order chi connectivity index (χ1) is 15.8. The van der Waals surface area contributed by atoms with E-state index in [4.69, 9.17) is 4.74 Å². The molecule has 0 radical (unpaired) electrons. The third-order valence-corrected chi connectivity index (χ3v) is 7.50. The quantitative estimate of drug-likeness (QED) is 0.305. The molecular weight excluding hydrogens is 532 g/mol. The molecule has 0 amide bonds. The van der Waals surface area contributed by atoms with E-state index in [1.54, 1.807) is 0 Å². The highest BCUT2D eigenvalue weighted by Crippen LogP contribution is 2.57. The molecule has 2 N–H and O–H groups in total. The molecule has 2 rings (SSSR count). The van der Waals surface area contributed by atoms with Crippen molar-refractivity contribution in [1.82, 2.24) is 0 Å². The first-order valence-electron chi connectivity index (χ1n) is 10.8. The fourth-order valence-electron chi connectivity index (χ4n) is 5.12. The standard InChI is InChI=1S/C20H24F12O4/c1-3-14(2,8-16(35,19(27,28)29)20(30,31)32)13(33)36-12-6-9-4-10(11(12)5-9)7-15(34,17(21,22)23)18(24,25)26/h9-12,34-35H,3-8H2,1-2H3. The number of halogens is 12. The highest BCUT2D eigenvalue weighted by Gasteiger charge is 2.73. The fraction of sp³-hybridized carbons (Fsp3) is 0.950. The van der Waals surface area contributed by atoms with Crippen molar-refractivity contribution >= 4 is 5.97 Å². The molecule has 16 heteroatoms.